The summed E-state index contributed by atoms with van der Waals surface area (Å²) >= 11 is 0. The van der Waals surface area contributed by atoms with Gasteiger partial charge in [0.1, 0.15) is 11.4 Å². The molecule has 4 nitrogen and oxygen atoms in total. The van der Waals surface area contributed by atoms with Gasteiger partial charge in [-0.1, -0.05) is 48.5 Å². The zero-order valence-electron chi connectivity index (χ0n) is 16.8. The van der Waals surface area contributed by atoms with Crippen molar-refractivity contribution in [3.05, 3.63) is 90.1 Å². The highest BCUT2D eigenvalue weighted by Gasteiger charge is 2.26. The van der Waals surface area contributed by atoms with Crippen LogP contribution in [0.15, 0.2) is 79.0 Å². The zero-order chi connectivity index (χ0) is 20.5. The number of nitrogens with zero attached hydrogens (tertiary/aromatic N) is 1. The molecule has 1 N–H and O–H groups in total. The molecule has 1 fully saturated rings. The summed E-state index contributed by atoms with van der Waals surface area (Å²) in [5.74, 6) is 0.663. The van der Waals surface area contributed by atoms with Gasteiger partial charge in [-0.05, 0) is 70.5 Å². The highest BCUT2D eigenvalue weighted by Crippen LogP contribution is 2.40. The number of methoxy groups -OCH3 is 1. The van der Waals surface area contributed by atoms with Gasteiger partial charge in [0.15, 0.2) is 0 Å². The molecule has 0 amide bonds. The van der Waals surface area contributed by atoms with Crippen molar-refractivity contribution in [1.82, 2.24) is 4.98 Å². The number of esters is 1. The van der Waals surface area contributed by atoms with Crippen LogP contribution in [-0.4, -0.2) is 18.1 Å². The summed E-state index contributed by atoms with van der Waals surface area (Å²) in [6.45, 7) is 0. The van der Waals surface area contributed by atoms with Gasteiger partial charge in [-0.2, -0.15) is 0 Å². The maximum absolute atomic E-state index is 12.3. The van der Waals surface area contributed by atoms with E-state index in [1.165, 1.54) is 18.2 Å². The smallest absolute Gasteiger partial charge is 0.341 e. The van der Waals surface area contributed by atoms with Crippen LogP contribution in [-0.2, 0) is 4.74 Å². The van der Waals surface area contributed by atoms with Gasteiger partial charge in [0.05, 0.1) is 7.11 Å². The Morgan fingerprint density at radius 1 is 0.933 bits per heavy atom. The van der Waals surface area contributed by atoms with Crippen molar-refractivity contribution in [2.45, 2.75) is 18.8 Å². The van der Waals surface area contributed by atoms with Crippen molar-refractivity contribution in [1.29, 1.82) is 0 Å². The second-order valence-corrected chi connectivity index (χ2v) is 7.70. The molecule has 4 aromatic rings. The van der Waals surface area contributed by atoms with Crippen LogP contribution >= 0.6 is 0 Å². The number of ether oxygens (including phenoxy) is 1. The second kappa shape index (κ2) is 7.64. The lowest BCUT2D eigenvalue weighted by molar-refractivity contribution is 0.0601. The molecule has 1 saturated carbocycles. The van der Waals surface area contributed by atoms with Crippen LogP contribution in [0, 0.1) is 0 Å². The lowest BCUT2D eigenvalue weighted by Gasteiger charge is -2.12. The van der Waals surface area contributed by atoms with Gasteiger partial charge in [-0.15, -0.1) is 0 Å². The van der Waals surface area contributed by atoms with Crippen molar-refractivity contribution < 1.29 is 9.53 Å². The van der Waals surface area contributed by atoms with E-state index in [1.54, 1.807) is 0 Å². The molecule has 1 aromatic heterocycles. The molecular weight excluding hydrogens is 372 g/mol. The molecule has 0 radical (unpaired) electrons. The van der Waals surface area contributed by atoms with Gasteiger partial charge >= 0.3 is 5.97 Å². The van der Waals surface area contributed by atoms with E-state index in [-0.39, 0.29) is 5.97 Å². The van der Waals surface area contributed by atoms with Gasteiger partial charge in [0, 0.05) is 11.9 Å². The number of rotatable bonds is 5. The molecule has 5 rings (SSSR count). The fourth-order valence-electron chi connectivity index (χ4n) is 3.76. The number of anilines is 2. The third-order valence-electron chi connectivity index (χ3n) is 5.57. The standard InChI is InChI=1S/C26H22N2O2/c1-30-26(29)24-15-22(19-7-8-19)16-27-25(24)28-23-12-11-18-9-10-20(13-21(18)14-23)17-5-3-2-4-6-17/h2-6,9-16,19H,7-8H2,1H3,(H,27,28). The Balaban J connectivity index is 1.50. The Bertz CT molecular complexity index is 1230. The number of nitrogens with one attached hydrogen (secondary N) is 1. The maximum Gasteiger partial charge on any atom is 0.341 e. The Labute approximate surface area is 175 Å². The lowest BCUT2D eigenvalue weighted by Crippen LogP contribution is -2.08. The number of carbonyl (C=O) groups excluding carboxylic acids is 1. The van der Waals surface area contributed by atoms with Crippen LogP contribution in [0.2, 0.25) is 0 Å². The van der Waals surface area contributed by atoms with E-state index in [1.807, 2.05) is 36.5 Å². The first-order chi connectivity index (χ1) is 14.7. The van der Waals surface area contributed by atoms with E-state index in [0.29, 0.717) is 17.3 Å². The predicted molar refractivity (Wildman–Crippen MR) is 120 cm³/mol. The third-order valence-corrected chi connectivity index (χ3v) is 5.57. The summed E-state index contributed by atoms with van der Waals surface area (Å²) < 4.78 is 4.99. The minimum Gasteiger partial charge on any atom is -0.465 e. The van der Waals surface area contributed by atoms with Crippen LogP contribution in [0.3, 0.4) is 0 Å². The maximum atomic E-state index is 12.3. The highest BCUT2D eigenvalue weighted by molar-refractivity contribution is 5.96. The van der Waals surface area contributed by atoms with Crippen LogP contribution in [0.25, 0.3) is 21.9 Å². The molecule has 3 aromatic carbocycles. The number of pyridine rings is 1. The predicted octanol–water partition coefficient (Wildman–Crippen LogP) is 6.31. The number of carbonyl (C=O) groups is 1. The molecule has 1 aliphatic rings. The lowest BCUT2D eigenvalue weighted by atomic mass is 10.0. The largest absolute Gasteiger partial charge is 0.465 e. The van der Waals surface area contributed by atoms with Crippen molar-refractivity contribution in [3.63, 3.8) is 0 Å². The topological polar surface area (TPSA) is 51.2 Å². The van der Waals surface area contributed by atoms with Crippen molar-refractivity contribution in [2.75, 3.05) is 12.4 Å². The van der Waals surface area contributed by atoms with Crippen molar-refractivity contribution >= 4 is 28.2 Å². The normalized spacial score (nSPS) is 13.2. The molecule has 4 heteroatoms. The van der Waals surface area contributed by atoms with E-state index in [9.17, 15) is 4.79 Å². The highest BCUT2D eigenvalue weighted by atomic mass is 16.5. The molecule has 0 unspecified atom stereocenters. The van der Waals surface area contributed by atoms with Crippen LogP contribution < -0.4 is 5.32 Å². The summed E-state index contributed by atoms with van der Waals surface area (Å²) in [7, 11) is 1.40. The molecule has 0 spiro atoms. The Morgan fingerprint density at radius 3 is 2.50 bits per heavy atom. The molecule has 30 heavy (non-hydrogen) atoms. The number of fused-ring (bicyclic) bond motifs is 1. The minimum absolute atomic E-state index is 0.375. The monoisotopic (exact) mass is 394 g/mol. The van der Waals surface area contributed by atoms with Gasteiger partial charge in [-0.3, -0.25) is 0 Å². The van der Waals surface area contributed by atoms with Crippen LogP contribution in [0.4, 0.5) is 11.5 Å². The van der Waals surface area contributed by atoms with Crippen molar-refractivity contribution in [2.24, 2.45) is 0 Å². The molecule has 0 bridgehead atoms. The van der Waals surface area contributed by atoms with Crippen molar-refractivity contribution in [3.8, 4) is 11.1 Å². The Hall–Kier alpha value is -3.66. The van der Waals surface area contributed by atoms with Gasteiger partial charge in [0.25, 0.3) is 0 Å². The molecule has 148 valence electrons. The fourth-order valence-corrected chi connectivity index (χ4v) is 3.76. The van der Waals surface area contributed by atoms with Gasteiger partial charge in [0.2, 0.25) is 0 Å². The molecular formula is C26H22N2O2. The van der Waals surface area contributed by atoms with E-state index in [4.69, 9.17) is 4.74 Å². The first-order valence-electron chi connectivity index (χ1n) is 10.2. The zero-order valence-corrected chi connectivity index (χ0v) is 16.8. The first kappa shape index (κ1) is 18.4. The number of hydrogen-bond donors (Lipinski definition) is 1. The van der Waals surface area contributed by atoms with Gasteiger partial charge < -0.3 is 10.1 Å². The van der Waals surface area contributed by atoms with E-state index in [0.717, 1.165) is 34.9 Å². The summed E-state index contributed by atoms with van der Waals surface area (Å²) in [4.78, 5) is 16.9. The van der Waals surface area contributed by atoms with Gasteiger partial charge in [-0.25, -0.2) is 9.78 Å². The summed E-state index contributed by atoms with van der Waals surface area (Å²) in [6, 6.07) is 24.8. The SMILES string of the molecule is COC(=O)c1cc(C2CC2)cnc1Nc1ccc2ccc(-c3ccccc3)cc2c1. The first-order valence-corrected chi connectivity index (χ1v) is 10.2. The molecule has 0 saturated heterocycles. The van der Waals surface area contributed by atoms with Crippen LogP contribution in [0.5, 0.6) is 0 Å². The number of benzene rings is 3. The van der Waals surface area contributed by atoms with E-state index >= 15 is 0 Å². The average molecular weight is 394 g/mol. The quantitative estimate of drug-likeness (QED) is 0.403. The Kier molecular flexibility index (Phi) is 4.68. The summed E-state index contributed by atoms with van der Waals surface area (Å²) in [5.41, 5.74) is 4.81. The Morgan fingerprint density at radius 2 is 1.73 bits per heavy atom. The summed E-state index contributed by atoms with van der Waals surface area (Å²) in [5, 5.41) is 5.59. The fraction of sp³-hybridized carbons (Fsp3) is 0.154. The third kappa shape index (κ3) is 3.64. The molecule has 0 aliphatic heterocycles. The average Bonchev–Trinajstić information content (AvgIpc) is 3.64. The second-order valence-electron chi connectivity index (χ2n) is 7.70. The molecule has 0 atom stereocenters. The summed E-state index contributed by atoms with van der Waals surface area (Å²) in [6.07, 6.45) is 4.17. The van der Waals surface area contributed by atoms with E-state index < -0.39 is 0 Å². The molecule has 1 aliphatic carbocycles. The van der Waals surface area contributed by atoms with Crippen LogP contribution in [0.1, 0.15) is 34.7 Å². The minimum atomic E-state index is -0.375. The number of hydrogen-bond acceptors (Lipinski definition) is 4. The number of aromatic nitrogens is 1. The van der Waals surface area contributed by atoms with E-state index in [2.05, 4.69) is 52.8 Å². The molecule has 1 heterocycles.